The SMILES string of the molecule is CCNC(=NCCCc1c[nH]c2ccccc12)N1CCC(NC(=O)OC(C)(C)C)C1.I. The summed E-state index contributed by atoms with van der Waals surface area (Å²) < 4.78 is 5.37. The van der Waals surface area contributed by atoms with Crippen LogP contribution in [-0.2, 0) is 11.2 Å². The number of carbonyl (C=O) groups is 1. The highest BCUT2D eigenvalue weighted by atomic mass is 127. The first-order valence-electron chi connectivity index (χ1n) is 10.9. The molecule has 3 rings (SSSR count). The van der Waals surface area contributed by atoms with E-state index in [4.69, 9.17) is 9.73 Å². The number of rotatable bonds is 6. The van der Waals surface area contributed by atoms with Crippen LogP contribution < -0.4 is 10.6 Å². The number of guanidine groups is 1. The van der Waals surface area contributed by atoms with Crippen LogP contribution >= 0.6 is 24.0 Å². The second-order valence-electron chi connectivity index (χ2n) is 8.78. The molecule has 0 radical (unpaired) electrons. The third-order valence-electron chi connectivity index (χ3n) is 5.08. The zero-order chi connectivity index (χ0) is 21.6. The van der Waals surface area contributed by atoms with Crippen LogP contribution in [0.15, 0.2) is 35.5 Å². The number of aromatic nitrogens is 1. The number of benzene rings is 1. The van der Waals surface area contributed by atoms with Crippen molar-refractivity contribution in [1.82, 2.24) is 20.5 Å². The van der Waals surface area contributed by atoms with Crippen LogP contribution in [0.1, 0.15) is 46.1 Å². The van der Waals surface area contributed by atoms with Gasteiger partial charge >= 0.3 is 6.09 Å². The smallest absolute Gasteiger partial charge is 0.407 e. The summed E-state index contributed by atoms with van der Waals surface area (Å²) in [6, 6.07) is 8.48. The summed E-state index contributed by atoms with van der Waals surface area (Å²) in [6.45, 7) is 10.9. The minimum absolute atomic E-state index is 0. The minimum atomic E-state index is -0.483. The third kappa shape index (κ3) is 7.59. The van der Waals surface area contributed by atoms with Gasteiger partial charge in [0.05, 0.1) is 6.04 Å². The topological polar surface area (TPSA) is 81.8 Å². The van der Waals surface area contributed by atoms with Gasteiger partial charge in [-0.05, 0) is 58.6 Å². The molecule has 3 N–H and O–H groups in total. The number of aromatic amines is 1. The van der Waals surface area contributed by atoms with Gasteiger partial charge in [-0.3, -0.25) is 4.99 Å². The summed E-state index contributed by atoms with van der Waals surface area (Å²) in [5.74, 6) is 0.921. The number of hydrogen-bond donors (Lipinski definition) is 3. The number of para-hydroxylation sites is 1. The van der Waals surface area contributed by atoms with Crippen molar-refractivity contribution >= 4 is 46.9 Å². The van der Waals surface area contributed by atoms with E-state index in [1.165, 1.54) is 16.5 Å². The number of likely N-dealkylation sites (tertiary alicyclic amines) is 1. The Morgan fingerprint density at radius 2 is 2.10 bits per heavy atom. The summed E-state index contributed by atoms with van der Waals surface area (Å²) in [5.41, 5.74) is 2.04. The summed E-state index contributed by atoms with van der Waals surface area (Å²) in [6.07, 6.45) is 4.63. The lowest BCUT2D eigenvalue weighted by molar-refractivity contribution is 0.0507. The second-order valence-corrected chi connectivity index (χ2v) is 8.78. The Morgan fingerprint density at radius 3 is 2.84 bits per heavy atom. The largest absolute Gasteiger partial charge is 0.444 e. The Balaban J connectivity index is 0.00000341. The van der Waals surface area contributed by atoms with E-state index in [2.05, 4.69) is 57.9 Å². The highest BCUT2D eigenvalue weighted by Crippen LogP contribution is 2.19. The van der Waals surface area contributed by atoms with Crippen LogP contribution in [0.4, 0.5) is 4.79 Å². The molecule has 1 saturated heterocycles. The Morgan fingerprint density at radius 1 is 1.32 bits per heavy atom. The number of hydrogen-bond acceptors (Lipinski definition) is 3. The van der Waals surface area contributed by atoms with E-state index in [0.717, 1.165) is 51.4 Å². The van der Waals surface area contributed by atoms with Crippen molar-refractivity contribution in [2.45, 2.75) is 58.6 Å². The first-order chi connectivity index (χ1) is 14.4. The van der Waals surface area contributed by atoms with Gasteiger partial charge in [-0.15, -0.1) is 24.0 Å². The molecule has 1 aromatic carbocycles. The van der Waals surface area contributed by atoms with Gasteiger partial charge in [0.1, 0.15) is 5.60 Å². The fourth-order valence-corrected chi connectivity index (χ4v) is 3.76. The summed E-state index contributed by atoms with van der Waals surface area (Å²) in [5, 5.41) is 7.66. The van der Waals surface area contributed by atoms with E-state index in [9.17, 15) is 4.79 Å². The van der Waals surface area contributed by atoms with Crippen LogP contribution in [0.2, 0.25) is 0 Å². The lowest BCUT2D eigenvalue weighted by Crippen LogP contribution is -2.44. The van der Waals surface area contributed by atoms with Gasteiger partial charge in [-0.25, -0.2) is 4.79 Å². The number of alkyl carbamates (subject to hydrolysis) is 1. The first kappa shape index (κ1) is 25.3. The molecule has 1 aliphatic rings. The summed E-state index contributed by atoms with van der Waals surface area (Å²) >= 11 is 0. The monoisotopic (exact) mass is 541 g/mol. The van der Waals surface area contributed by atoms with Crippen LogP contribution in [0.3, 0.4) is 0 Å². The molecular formula is C23H36IN5O2. The van der Waals surface area contributed by atoms with Crippen molar-refractivity contribution < 1.29 is 9.53 Å². The van der Waals surface area contributed by atoms with Gasteiger partial charge in [0, 0.05) is 43.3 Å². The van der Waals surface area contributed by atoms with Gasteiger partial charge in [-0.1, -0.05) is 18.2 Å². The molecule has 1 fully saturated rings. The highest BCUT2D eigenvalue weighted by Gasteiger charge is 2.27. The van der Waals surface area contributed by atoms with Gasteiger partial charge < -0.3 is 25.3 Å². The van der Waals surface area contributed by atoms with Crippen LogP contribution in [0, 0.1) is 0 Å². The number of ether oxygens (including phenoxy) is 1. The molecule has 2 heterocycles. The van der Waals surface area contributed by atoms with E-state index >= 15 is 0 Å². The maximum Gasteiger partial charge on any atom is 0.407 e. The molecule has 1 aromatic heterocycles. The fourth-order valence-electron chi connectivity index (χ4n) is 3.76. The third-order valence-corrected chi connectivity index (χ3v) is 5.08. The first-order valence-corrected chi connectivity index (χ1v) is 10.9. The molecule has 0 aliphatic carbocycles. The highest BCUT2D eigenvalue weighted by molar-refractivity contribution is 14.0. The average molecular weight is 541 g/mol. The number of amides is 1. The Kier molecular flexibility index (Phi) is 9.46. The van der Waals surface area contributed by atoms with Crippen LogP contribution in [0.5, 0.6) is 0 Å². The number of halogens is 1. The molecule has 31 heavy (non-hydrogen) atoms. The number of fused-ring (bicyclic) bond motifs is 1. The predicted octanol–water partition coefficient (Wildman–Crippen LogP) is 4.28. The van der Waals surface area contributed by atoms with E-state index in [-0.39, 0.29) is 36.1 Å². The number of aliphatic imine (C=N–C) groups is 1. The molecule has 172 valence electrons. The zero-order valence-corrected chi connectivity index (χ0v) is 21.4. The van der Waals surface area contributed by atoms with Gasteiger partial charge in [0.15, 0.2) is 5.96 Å². The molecule has 7 nitrogen and oxygen atoms in total. The second kappa shape index (κ2) is 11.6. The van der Waals surface area contributed by atoms with E-state index in [1.807, 2.05) is 20.8 Å². The molecule has 8 heteroatoms. The molecule has 1 aliphatic heterocycles. The number of nitrogens with zero attached hydrogens (tertiary/aromatic N) is 2. The quantitative estimate of drug-likeness (QED) is 0.221. The molecular weight excluding hydrogens is 505 g/mol. The van der Waals surface area contributed by atoms with E-state index in [1.54, 1.807) is 0 Å². The molecule has 1 atom stereocenters. The molecule has 0 spiro atoms. The standard InChI is InChI=1S/C23H35N5O2.HI/c1-5-24-21(28-14-12-18(16-28)27-22(29)30-23(2,3)4)25-13-8-9-17-15-26-20-11-7-6-10-19(17)20;/h6-7,10-11,15,18,26H,5,8-9,12-14,16H2,1-4H3,(H,24,25)(H,27,29);1H. The van der Waals surface area contributed by atoms with E-state index < -0.39 is 5.60 Å². The zero-order valence-electron chi connectivity index (χ0n) is 19.0. The lowest BCUT2D eigenvalue weighted by Gasteiger charge is -2.23. The van der Waals surface area contributed by atoms with Gasteiger partial charge in [0.2, 0.25) is 0 Å². The molecule has 2 aromatic rings. The summed E-state index contributed by atoms with van der Waals surface area (Å²) in [4.78, 5) is 22.4. The Hall–Kier alpha value is -1.97. The van der Waals surface area contributed by atoms with Crippen molar-refractivity contribution in [3.05, 3.63) is 36.0 Å². The molecule has 1 unspecified atom stereocenters. The van der Waals surface area contributed by atoms with Crippen molar-refractivity contribution in [2.24, 2.45) is 4.99 Å². The van der Waals surface area contributed by atoms with Crippen molar-refractivity contribution in [3.8, 4) is 0 Å². The fraction of sp³-hybridized carbons (Fsp3) is 0.565. The van der Waals surface area contributed by atoms with Gasteiger partial charge in [-0.2, -0.15) is 0 Å². The molecule has 0 saturated carbocycles. The van der Waals surface area contributed by atoms with Crippen molar-refractivity contribution in [3.63, 3.8) is 0 Å². The van der Waals surface area contributed by atoms with Crippen LogP contribution in [-0.4, -0.2) is 59.8 Å². The lowest BCUT2D eigenvalue weighted by atomic mass is 10.1. The van der Waals surface area contributed by atoms with Crippen molar-refractivity contribution in [1.29, 1.82) is 0 Å². The normalized spacial score (nSPS) is 16.8. The molecule has 1 amide bonds. The minimum Gasteiger partial charge on any atom is -0.444 e. The Bertz CT molecular complexity index is 874. The van der Waals surface area contributed by atoms with E-state index in [0.29, 0.717) is 0 Å². The molecule has 0 bridgehead atoms. The number of nitrogens with one attached hydrogen (secondary N) is 3. The Labute approximate surface area is 202 Å². The van der Waals surface area contributed by atoms with Crippen LogP contribution in [0.25, 0.3) is 10.9 Å². The van der Waals surface area contributed by atoms with Gasteiger partial charge in [0.25, 0.3) is 0 Å². The number of H-pyrrole nitrogens is 1. The maximum absolute atomic E-state index is 12.0. The predicted molar refractivity (Wildman–Crippen MR) is 137 cm³/mol. The average Bonchev–Trinajstić information content (AvgIpc) is 3.30. The van der Waals surface area contributed by atoms with Crippen molar-refractivity contribution in [2.75, 3.05) is 26.2 Å². The number of aryl methyl sites for hydroxylation is 1. The maximum atomic E-state index is 12.0. The summed E-state index contributed by atoms with van der Waals surface area (Å²) in [7, 11) is 0. The number of carbonyl (C=O) groups excluding carboxylic acids is 1.